The summed E-state index contributed by atoms with van der Waals surface area (Å²) in [6, 6.07) is 80.0. The van der Waals surface area contributed by atoms with Crippen molar-refractivity contribution >= 4 is 33.8 Å². The van der Waals surface area contributed by atoms with Crippen molar-refractivity contribution in [1.82, 2.24) is 15.0 Å². The van der Waals surface area contributed by atoms with Crippen LogP contribution >= 0.6 is 7.14 Å². The van der Waals surface area contributed by atoms with Gasteiger partial charge in [-0.3, -0.25) is 0 Å². The van der Waals surface area contributed by atoms with Gasteiger partial charge >= 0.3 is 0 Å². The average Bonchev–Trinajstić information content (AvgIpc) is 3.41. The number of hydrogen-bond acceptors (Lipinski definition) is 4. The van der Waals surface area contributed by atoms with E-state index in [1.807, 2.05) is 78.9 Å². The number of fused-ring (bicyclic) bond motifs is 1. The second-order valence-corrected chi connectivity index (χ2v) is 20.2. The lowest BCUT2D eigenvalue weighted by Crippen LogP contribution is -2.30. The summed E-state index contributed by atoms with van der Waals surface area (Å²) in [5.41, 5.74) is 9.85. The maximum Gasteiger partial charge on any atom is 0.171 e. The zero-order chi connectivity index (χ0) is 44.3. The Kier molecular flexibility index (Phi) is 11.1. The quantitative estimate of drug-likeness (QED) is 0.129. The van der Waals surface area contributed by atoms with Crippen LogP contribution in [0.15, 0.2) is 231 Å². The maximum absolute atomic E-state index is 15.2. The third-order valence-electron chi connectivity index (χ3n) is 13.5. The van der Waals surface area contributed by atoms with Crippen molar-refractivity contribution in [3.8, 4) is 56.4 Å². The molecular formula is C61H48N3OP. The number of aromatic nitrogens is 3. The lowest BCUT2D eigenvalue weighted by atomic mass is 9.65. The van der Waals surface area contributed by atoms with Crippen LogP contribution in [0.2, 0.25) is 0 Å². The van der Waals surface area contributed by atoms with Crippen LogP contribution in [0, 0.1) is 0 Å². The first-order valence-electron chi connectivity index (χ1n) is 23.0. The van der Waals surface area contributed by atoms with E-state index in [4.69, 9.17) is 15.0 Å². The molecule has 9 aromatic carbocycles. The Balaban J connectivity index is 0.932. The smallest absolute Gasteiger partial charge is 0.171 e. The van der Waals surface area contributed by atoms with Crippen LogP contribution < -0.4 is 15.9 Å². The third-order valence-corrected chi connectivity index (χ3v) is 16.6. The summed E-state index contributed by atoms with van der Waals surface area (Å²) in [6.07, 6.45) is 5.76. The first-order chi connectivity index (χ1) is 32.5. The van der Waals surface area contributed by atoms with Crippen LogP contribution in [-0.2, 0) is 9.98 Å². The molecule has 0 atom stereocenters. The summed E-state index contributed by atoms with van der Waals surface area (Å²) >= 11 is 0. The Morgan fingerprint density at radius 2 is 0.727 bits per heavy atom. The van der Waals surface area contributed by atoms with E-state index >= 15 is 4.57 Å². The first-order valence-corrected chi connectivity index (χ1v) is 24.7. The minimum absolute atomic E-state index is 0.117. The molecule has 318 valence electrons. The SMILES string of the molecule is O=P(c1ccccc1)(c1ccccc1)c1cccc(-c2ccc(C3(c4ccc(-c5nc(-c6ccc(-c7ccccc7)cc6)nc(-c6ccc7ccccc7c6)n5)cc4)CCCCC3)cc2)c1. The average molecular weight is 870 g/mol. The predicted molar refractivity (Wildman–Crippen MR) is 274 cm³/mol. The molecule has 0 unspecified atom stereocenters. The summed E-state index contributed by atoms with van der Waals surface area (Å²) in [5.74, 6) is 1.94. The van der Waals surface area contributed by atoms with Crippen LogP contribution in [0.1, 0.15) is 43.2 Å². The van der Waals surface area contributed by atoms with Crippen LogP contribution in [-0.4, -0.2) is 15.0 Å². The molecule has 5 heteroatoms. The van der Waals surface area contributed by atoms with E-state index in [1.54, 1.807) is 0 Å². The van der Waals surface area contributed by atoms with Gasteiger partial charge in [-0.05, 0) is 69.1 Å². The molecule has 10 aromatic rings. The highest BCUT2D eigenvalue weighted by atomic mass is 31.2. The summed E-state index contributed by atoms with van der Waals surface area (Å²) in [4.78, 5) is 15.4. The van der Waals surface area contributed by atoms with Crippen LogP contribution in [0.5, 0.6) is 0 Å². The van der Waals surface area contributed by atoms with Gasteiger partial charge in [-0.1, -0.05) is 238 Å². The van der Waals surface area contributed by atoms with E-state index in [2.05, 4.69) is 152 Å². The molecule has 11 rings (SSSR count). The van der Waals surface area contributed by atoms with E-state index in [-0.39, 0.29) is 5.41 Å². The van der Waals surface area contributed by atoms with Gasteiger partial charge in [0.15, 0.2) is 24.6 Å². The van der Waals surface area contributed by atoms with Crippen LogP contribution in [0.3, 0.4) is 0 Å². The monoisotopic (exact) mass is 869 g/mol. The standard InChI is InChI=1S/C61H48N3OP/c65-66(55-21-7-2-8-22-55,56-23-9-3-10-24-56)57-25-15-20-51(43-57)47-32-36-53(37-33-47)61(40-13-4-14-41-61)54-38-34-49(35-39-54)59-62-58(48-29-26-46(27-30-48)44-16-5-1-6-17-44)63-60(64-59)52-31-28-45-18-11-12-19-50(45)42-52/h1-3,5-12,15-39,42-43H,4,13-14,40-41H2. The summed E-state index contributed by atoms with van der Waals surface area (Å²) < 4.78 is 15.2. The molecular weight excluding hydrogens is 822 g/mol. The second-order valence-electron chi connectivity index (χ2n) is 17.4. The molecule has 0 aliphatic heterocycles. The van der Waals surface area contributed by atoms with Gasteiger partial charge < -0.3 is 4.57 Å². The van der Waals surface area contributed by atoms with Gasteiger partial charge in [0.25, 0.3) is 0 Å². The second kappa shape index (κ2) is 17.8. The zero-order valence-electron chi connectivity index (χ0n) is 36.7. The summed E-state index contributed by atoms with van der Waals surface area (Å²) in [7, 11) is -3.10. The number of benzene rings is 9. The molecule has 1 aliphatic rings. The largest absolute Gasteiger partial charge is 0.309 e. The predicted octanol–water partition coefficient (Wildman–Crippen LogP) is 14.2. The molecule has 1 saturated carbocycles. The van der Waals surface area contributed by atoms with Crippen LogP contribution in [0.25, 0.3) is 67.2 Å². The van der Waals surface area contributed by atoms with Gasteiger partial charge in [-0.2, -0.15) is 0 Å². The normalized spacial score (nSPS) is 13.6. The van der Waals surface area contributed by atoms with E-state index in [0.29, 0.717) is 17.5 Å². The van der Waals surface area contributed by atoms with Crippen molar-refractivity contribution in [1.29, 1.82) is 0 Å². The van der Waals surface area contributed by atoms with Crippen molar-refractivity contribution in [2.24, 2.45) is 0 Å². The fraction of sp³-hybridized carbons (Fsp3) is 0.0984. The molecule has 1 aromatic heterocycles. The number of nitrogens with zero attached hydrogens (tertiary/aromatic N) is 3. The molecule has 66 heavy (non-hydrogen) atoms. The van der Waals surface area contributed by atoms with E-state index in [0.717, 1.165) is 67.5 Å². The molecule has 1 heterocycles. The Bertz CT molecular complexity index is 3290. The highest BCUT2D eigenvalue weighted by molar-refractivity contribution is 7.85. The minimum Gasteiger partial charge on any atom is -0.309 e. The van der Waals surface area contributed by atoms with E-state index in [1.165, 1.54) is 41.3 Å². The lowest BCUT2D eigenvalue weighted by molar-refractivity contribution is 0.346. The molecule has 0 bridgehead atoms. The van der Waals surface area contributed by atoms with E-state index in [9.17, 15) is 0 Å². The summed E-state index contributed by atoms with van der Waals surface area (Å²) in [6.45, 7) is 0. The van der Waals surface area contributed by atoms with Gasteiger partial charge in [-0.15, -0.1) is 0 Å². The fourth-order valence-electron chi connectivity index (χ4n) is 9.96. The zero-order valence-corrected chi connectivity index (χ0v) is 37.6. The molecule has 0 spiro atoms. The lowest BCUT2D eigenvalue weighted by Gasteiger charge is -2.39. The van der Waals surface area contributed by atoms with Crippen molar-refractivity contribution in [2.45, 2.75) is 37.5 Å². The molecule has 1 fully saturated rings. The molecule has 0 amide bonds. The highest BCUT2D eigenvalue weighted by Gasteiger charge is 2.36. The maximum atomic E-state index is 15.2. The molecule has 0 radical (unpaired) electrons. The Morgan fingerprint density at radius 1 is 0.318 bits per heavy atom. The highest BCUT2D eigenvalue weighted by Crippen LogP contribution is 2.47. The van der Waals surface area contributed by atoms with E-state index < -0.39 is 7.14 Å². The third kappa shape index (κ3) is 7.89. The van der Waals surface area contributed by atoms with Gasteiger partial charge in [-0.25, -0.2) is 15.0 Å². The Morgan fingerprint density at radius 3 is 1.32 bits per heavy atom. The first kappa shape index (κ1) is 41.2. The van der Waals surface area contributed by atoms with Gasteiger partial charge in [0, 0.05) is 38.0 Å². The van der Waals surface area contributed by atoms with Crippen molar-refractivity contribution < 1.29 is 4.57 Å². The van der Waals surface area contributed by atoms with Gasteiger partial charge in [0.1, 0.15) is 0 Å². The Hall–Kier alpha value is -7.52. The topological polar surface area (TPSA) is 55.7 Å². The number of rotatable bonds is 10. The molecule has 4 nitrogen and oxygen atoms in total. The van der Waals surface area contributed by atoms with Crippen LogP contribution in [0.4, 0.5) is 0 Å². The van der Waals surface area contributed by atoms with Gasteiger partial charge in [0.05, 0.1) is 0 Å². The Labute approximate surface area is 387 Å². The molecule has 1 aliphatic carbocycles. The summed E-state index contributed by atoms with van der Waals surface area (Å²) in [5, 5.41) is 4.83. The van der Waals surface area contributed by atoms with Crippen molar-refractivity contribution in [2.75, 3.05) is 0 Å². The molecule has 0 N–H and O–H groups in total. The van der Waals surface area contributed by atoms with Gasteiger partial charge in [0.2, 0.25) is 0 Å². The number of hydrogen-bond donors (Lipinski definition) is 0. The van der Waals surface area contributed by atoms with Crippen molar-refractivity contribution in [3.63, 3.8) is 0 Å². The minimum atomic E-state index is -3.10. The molecule has 0 saturated heterocycles. The van der Waals surface area contributed by atoms with Crippen molar-refractivity contribution in [3.05, 3.63) is 242 Å². The fourth-order valence-corrected chi connectivity index (χ4v) is 12.7.